The van der Waals surface area contributed by atoms with Crippen LogP contribution < -0.4 is 20.4 Å². The SMILES string of the molecule is C[C@H]1CN(c2ccncc2NC(=O)c2nc3cc(C4=CCOCC4)ccc3cc2N(Cc2ccccc2)C(=O)O)C[C@@H](NC(=O)OC(C)(C)C)[C@H]1n1ccnn1. The second-order valence-corrected chi connectivity index (χ2v) is 15.0. The topological polar surface area (TPSA) is 177 Å². The molecule has 290 valence electrons. The number of alkyl carbamates (subject to hydrolysis) is 1. The van der Waals surface area contributed by atoms with Crippen molar-refractivity contribution in [2.75, 3.05) is 41.4 Å². The maximum atomic E-state index is 14.5. The van der Waals surface area contributed by atoms with E-state index < -0.39 is 29.7 Å². The lowest BCUT2D eigenvalue weighted by molar-refractivity contribution is 0.0465. The van der Waals surface area contributed by atoms with Crippen molar-refractivity contribution >= 4 is 51.6 Å². The molecule has 1 saturated heterocycles. The molecule has 0 radical (unpaired) electrons. The van der Waals surface area contributed by atoms with Gasteiger partial charge in [0.25, 0.3) is 5.91 Å². The zero-order valence-electron chi connectivity index (χ0n) is 31.8. The van der Waals surface area contributed by atoms with Gasteiger partial charge in [-0.2, -0.15) is 0 Å². The summed E-state index contributed by atoms with van der Waals surface area (Å²) in [6.45, 7) is 9.48. The molecule has 0 bridgehead atoms. The Labute approximate surface area is 324 Å². The fraction of sp³-hybridized carbons (Fsp3) is 0.341. The average molecular weight is 760 g/mol. The van der Waals surface area contributed by atoms with Crippen molar-refractivity contribution in [3.63, 3.8) is 0 Å². The number of carboxylic acid groups (broad SMARTS) is 1. The van der Waals surface area contributed by atoms with E-state index in [2.05, 4.69) is 37.8 Å². The predicted octanol–water partition coefficient (Wildman–Crippen LogP) is 6.55. The summed E-state index contributed by atoms with van der Waals surface area (Å²) in [5.41, 5.74) is 3.78. The van der Waals surface area contributed by atoms with Crippen LogP contribution in [0.1, 0.15) is 61.8 Å². The van der Waals surface area contributed by atoms with E-state index in [0.29, 0.717) is 48.6 Å². The number of aromatic nitrogens is 5. The van der Waals surface area contributed by atoms with Gasteiger partial charge in [-0.05, 0) is 68.0 Å². The Hall–Kier alpha value is -6.35. The highest BCUT2D eigenvalue weighted by molar-refractivity contribution is 6.11. The normalized spacial score (nSPS) is 18.5. The Morgan fingerprint density at radius 1 is 1.05 bits per heavy atom. The van der Waals surface area contributed by atoms with E-state index in [1.54, 1.807) is 62.4 Å². The van der Waals surface area contributed by atoms with Gasteiger partial charge in [0.2, 0.25) is 0 Å². The molecular weight excluding hydrogens is 715 g/mol. The number of carbonyl (C=O) groups excluding carboxylic acids is 2. The molecule has 0 unspecified atom stereocenters. The summed E-state index contributed by atoms with van der Waals surface area (Å²) >= 11 is 0. The average Bonchev–Trinajstić information content (AvgIpc) is 3.71. The lowest BCUT2D eigenvalue weighted by Crippen LogP contribution is -2.57. The molecular formula is C41H45N9O6. The Morgan fingerprint density at radius 2 is 1.88 bits per heavy atom. The molecule has 3 N–H and O–H groups in total. The largest absolute Gasteiger partial charge is 0.465 e. The number of ether oxygens (including phenoxy) is 2. The molecule has 0 aliphatic carbocycles. The summed E-state index contributed by atoms with van der Waals surface area (Å²) in [7, 11) is 0. The number of hydrogen-bond acceptors (Lipinski definition) is 10. The highest BCUT2D eigenvalue weighted by Gasteiger charge is 2.39. The first-order valence-electron chi connectivity index (χ1n) is 18.6. The minimum absolute atomic E-state index is 0.00259. The number of amides is 3. The van der Waals surface area contributed by atoms with Crippen molar-refractivity contribution < 1.29 is 29.0 Å². The van der Waals surface area contributed by atoms with E-state index in [-0.39, 0.29) is 29.9 Å². The van der Waals surface area contributed by atoms with E-state index in [4.69, 9.17) is 14.5 Å². The van der Waals surface area contributed by atoms with Gasteiger partial charge in [0.15, 0.2) is 5.69 Å². The number of piperidine rings is 1. The first kappa shape index (κ1) is 37.9. The Kier molecular flexibility index (Phi) is 11.0. The second-order valence-electron chi connectivity index (χ2n) is 15.0. The van der Waals surface area contributed by atoms with Crippen molar-refractivity contribution in [2.45, 2.75) is 58.3 Å². The molecule has 2 aromatic carbocycles. The summed E-state index contributed by atoms with van der Waals surface area (Å²) in [6.07, 6.45) is 7.54. The van der Waals surface area contributed by atoms with Gasteiger partial charge in [0.05, 0.1) is 66.8 Å². The van der Waals surface area contributed by atoms with Crippen LogP contribution in [0.2, 0.25) is 0 Å². The molecule has 5 heterocycles. The van der Waals surface area contributed by atoms with Crippen LogP contribution in [0.5, 0.6) is 0 Å². The molecule has 0 saturated carbocycles. The van der Waals surface area contributed by atoms with Gasteiger partial charge in [-0.3, -0.25) is 14.7 Å². The number of anilines is 3. The number of benzene rings is 2. The maximum Gasteiger partial charge on any atom is 0.412 e. The third kappa shape index (κ3) is 8.62. The molecule has 15 heteroatoms. The minimum Gasteiger partial charge on any atom is -0.465 e. The maximum absolute atomic E-state index is 14.5. The van der Waals surface area contributed by atoms with Gasteiger partial charge < -0.3 is 30.1 Å². The molecule has 2 aliphatic heterocycles. The van der Waals surface area contributed by atoms with Crippen LogP contribution in [0, 0.1) is 5.92 Å². The van der Waals surface area contributed by atoms with Crippen LogP contribution in [-0.2, 0) is 16.0 Å². The highest BCUT2D eigenvalue weighted by atomic mass is 16.6. The lowest BCUT2D eigenvalue weighted by atomic mass is 9.89. The van der Waals surface area contributed by atoms with Crippen molar-refractivity contribution in [1.29, 1.82) is 0 Å². The minimum atomic E-state index is -1.23. The standard InChI is InChI=1S/C41H45N9O6/c1-26-23-48(25-33(37(26)50-17-16-43-47-50)46-39(52)56-41(2,3)4)34-12-15-42-22-32(34)45-38(51)36-35(49(40(53)54)24-27-8-6-5-7-9-27)21-30-11-10-29(20-31(30)44-36)28-13-18-55-19-14-28/h5-13,15-17,20-22,26,33,37H,14,18-19,23-25H2,1-4H3,(H,45,51)(H,46,52)(H,53,54)/t26-,33+,37-/m0/s1. The monoisotopic (exact) mass is 759 g/mol. The highest BCUT2D eigenvalue weighted by Crippen LogP contribution is 2.36. The number of hydrogen-bond donors (Lipinski definition) is 3. The molecule has 3 amide bonds. The van der Waals surface area contributed by atoms with Gasteiger partial charge in [0, 0.05) is 30.9 Å². The number of carbonyl (C=O) groups is 3. The zero-order valence-corrected chi connectivity index (χ0v) is 31.8. The number of pyridine rings is 2. The zero-order chi connectivity index (χ0) is 39.4. The number of nitrogens with zero attached hydrogens (tertiary/aromatic N) is 7. The Balaban J connectivity index is 1.24. The molecule has 5 aromatic rings. The first-order valence-corrected chi connectivity index (χ1v) is 18.6. The van der Waals surface area contributed by atoms with Gasteiger partial charge >= 0.3 is 12.2 Å². The molecule has 3 aromatic heterocycles. The number of nitrogens with one attached hydrogen (secondary N) is 2. The molecule has 56 heavy (non-hydrogen) atoms. The Bertz CT molecular complexity index is 2240. The quantitative estimate of drug-likeness (QED) is 0.149. The third-order valence-corrected chi connectivity index (χ3v) is 9.81. The fourth-order valence-corrected chi connectivity index (χ4v) is 7.36. The molecule has 15 nitrogen and oxygen atoms in total. The molecule has 3 atom stereocenters. The third-order valence-electron chi connectivity index (χ3n) is 9.81. The van der Waals surface area contributed by atoms with Gasteiger partial charge in [-0.15, -0.1) is 5.10 Å². The second kappa shape index (κ2) is 16.2. The number of rotatable bonds is 9. The van der Waals surface area contributed by atoms with E-state index in [9.17, 15) is 19.5 Å². The van der Waals surface area contributed by atoms with Crippen LogP contribution in [0.25, 0.3) is 16.5 Å². The van der Waals surface area contributed by atoms with Crippen molar-refractivity contribution in [3.8, 4) is 0 Å². The summed E-state index contributed by atoms with van der Waals surface area (Å²) in [4.78, 5) is 52.9. The van der Waals surface area contributed by atoms with Crippen molar-refractivity contribution in [1.82, 2.24) is 30.3 Å². The van der Waals surface area contributed by atoms with Crippen molar-refractivity contribution in [2.24, 2.45) is 5.92 Å². The molecule has 7 rings (SSSR count). The van der Waals surface area contributed by atoms with Crippen molar-refractivity contribution in [3.05, 3.63) is 108 Å². The van der Waals surface area contributed by atoms with Gasteiger partial charge in [0.1, 0.15) is 5.60 Å². The van der Waals surface area contributed by atoms with Gasteiger partial charge in [-0.25, -0.2) is 19.3 Å². The lowest BCUT2D eigenvalue weighted by Gasteiger charge is -2.44. The fourth-order valence-electron chi connectivity index (χ4n) is 7.36. The van der Waals surface area contributed by atoms with Crippen LogP contribution in [0.15, 0.2) is 91.5 Å². The van der Waals surface area contributed by atoms with E-state index in [1.807, 2.05) is 54.6 Å². The van der Waals surface area contributed by atoms with E-state index >= 15 is 0 Å². The summed E-state index contributed by atoms with van der Waals surface area (Å²) in [6, 6.07) is 17.8. The van der Waals surface area contributed by atoms with E-state index in [0.717, 1.165) is 28.0 Å². The predicted molar refractivity (Wildman–Crippen MR) is 212 cm³/mol. The van der Waals surface area contributed by atoms with Crippen LogP contribution >= 0.6 is 0 Å². The van der Waals surface area contributed by atoms with Crippen LogP contribution in [0.4, 0.5) is 26.7 Å². The summed E-state index contributed by atoms with van der Waals surface area (Å²) in [5, 5.41) is 25.5. The molecule has 0 spiro atoms. The molecule has 1 fully saturated rings. The summed E-state index contributed by atoms with van der Waals surface area (Å²) < 4.78 is 12.9. The smallest absolute Gasteiger partial charge is 0.412 e. The van der Waals surface area contributed by atoms with Gasteiger partial charge in [-0.1, -0.05) is 60.7 Å². The van der Waals surface area contributed by atoms with Crippen LogP contribution in [-0.4, -0.2) is 86.1 Å². The summed E-state index contributed by atoms with van der Waals surface area (Å²) in [5.74, 6) is -0.655. The Morgan fingerprint density at radius 3 is 2.59 bits per heavy atom. The van der Waals surface area contributed by atoms with E-state index in [1.165, 1.54) is 0 Å². The molecule has 2 aliphatic rings. The first-order chi connectivity index (χ1) is 26.9. The van der Waals surface area contributed by atoms with Crippen LogP contribution in [0.3, 0.4) is 0 Å². The number of fused-ring (bicyclic) bond motifs is 1.